The van der Waals surface area contributed by atoms with Crippen molar-refractivity contribution in [3.8, 4) is 0 Å². The van der Waals surface area contributed by atoms with Crippen LogP contribution in [-0.2, 0) is 0 Å². The third-order valence-electron chi connectivity index (χ3n) is 3.13. The average Bonchev–Trinajstić information content (AvgIpc) is 2.98. The number of aromatic amines is 1. The van der Waals surface area contributed by atoms with Crippen molar-refractivity contribution >= 4 is 16.7 Å². The molecule has 2 heteroatoms. The van der Waals surface area contributed by atoms with E-state index in [1.54, 1.807) is 0 Å². The molecule has 1 aromatic heterocycles. The Morgan fingerprint density at radius 2 is 2.20 bits per heavy atom. The molecule has 1 N–H and O–H groups in total. The summed E-state index contributed by atoms with van der Waals surface area (Å²) in [5.74, 6) is 0.610. The largest absolute Gasteiger partial charge is 0.360 e. The van der Waals surface area contributed by atoms with Crippen LogP contribution in [0.4, 0.5) is 0 Å². The van der Waals surface area contributed by atoms with Crippen LogP contribution < -0.4 is 0 Å². The van der Waals surface area contributed by atoms with E-state index in [-0.39, 0.29) is 0 Å². The van der Waals surface area contributed by atoms with Gasteiger partial charge in [0.05, 0.1) is 0 Å². The monoisotopic (exact) mass is 199 g/mol. The number of ketones is 1. The highest BCUT2D eigenvalue weighted by molar-refractivity contribution is 6.10. The average molecular weight is 199 g/mol. The van der Waals surface area contributed by atoms with Crippen LogP contribution in [0.2, 0.25) is 0 Å². The van der Waals surface area contributed by atoms with Gasteiger partial charge in [-0.2, -0.15) is 0 Å². The minimum atomic E-state index is 0.295. The van der Waals surface area contributed by atoms with Crippen molar-refractivity contribution in [2.24, 2.45) is 5.92 Å². The minimum Gasteiger partial charge on any atom is -0.360 e. The Labute approximate surface area is 88.3 Å². The third kappa shape index (κ3) is 1.29. The first-order valence-corrected chi connectivity index (χ1v) is 5.38. The second-order valence-electron chi connectivity index (χ2n) is 4.34. The summed E-state index contributed by atoms with van der Waals surface area (Å²) in [5, 5.41) is 1.11. The van der Waals surface area contributed by atoms with E-state index in [4.69, 9.17) is 0 Å². The zero-order chi connectivity index (χ0) is 10.4. The van der Waals surface area contributed by atoms with Gasteiger partial charge in [-0.1, -0.05) is 12.1 Å². The summed E-state index contributed by atoms with van der Waals surface area (Å²) >= 11 is 0. The van der Waals surface area contributed by atoms with Crippen LogP contribution in [-0.4, -0.2) is 10.8 Å². The molecule has 0 spiro atoms. The van der Waals surface area contributed by atoms with Crippen LogP contribution in [0.15, 0.2) is 24.4 Å². The first kappa shape index (κ1) is 8.72. The lowest BCUT2D eigenvalue weighted by atomic mass is 10.0. The second-order valence-corrected chi connectivity index (χ2v) is 4.34. The maximum atomic E-state index is 12.0. The Bertz CT molecular complexity index is 534. The number of carbonyl (C=O) groups excluding carboxylic acids is 1. The van der Waals surface area contributed by atoms with Crippen molar-refractivity contribution in [1.29, 1.82) is 0 Å². The number of H-pyrrole nitrogens is 1. The number of rotatable bonds is 2. The van der Waals surface area contributed by atoms with E-state index in [1.165, 1.54) is 5.56 Å². The van der Waals surface area contributed by atoms with Gasteiger partial charge in [-0.15, -0.1) is 0 Å². The van der Waals surface area contributed by atoms with Gasteiger partial charge >= 0.3 is 0 Å². The fraction of sp³-hybridized carbons (Fsp3) is 0.308. The molecule has 0 saturated heterocycles. The molecule has 0 radical (unpaired) electrons. The maximum Gasteiger partial charge on any atom is 0.168 e. The molecule has 0 amide bonds. The molecule has 15 heavy (non-hydrogen) atoms. The van der Waals surface area contributed by atoms with Gasteiger partial charge in [0.2, 0.25) is 0 Å². The number of nitrogens with one attached hydrogen (secondary N) is 1. The summed E-state index contributed by atoms with van der Waals surface area (Å²) in [5.41, 5.74) is 3.13. The number of fused-ring (bicyclic) bond motifs is 1. The molecule has 1 saturated carbocycles. The fourth-order valence-corrected chi connectivity index (χ4v) is 2.13. The van der Waals surface area contributed by atoms with Crippen LogP contribution in [0.3, 0.4) is 0 Å². The molecule has 76 valence electrons. The number of Topliss-reactive ketones (excluding diaryl/α,β-unsaturated/α-hetero) is 1. The standard InChI is InChI=1S/C13H13NO/c1-8-3-2-4-11-12(8)10(7-14-11)13(15)9-5-6-9/h2-4,7,9,14H,5-6H2,1H3. The minimum absolute atomic E-state index is 0.295. The van der Waals surface area contributed by atoms with Crippen molar-refractivity contribution in [2.75, 3.05) is 0 Å². The van der Waals surface area contributed by atoms with Gasteiger partial charge in [0.15, 0.2) is 5.78 Å². The van der Waals surface area contributed by atoms with Gasteiger partial charge in [-0.05, 0) is 31.4 Å². The van der Waals surface area contributed by atoms with Gasteiger partial charge in [0, 0.05) is 28.6 Å². The van der Waals surface area contributed by atoms with Crippen LogP contribution >= 0.6 is 0 Å². The van der Waals surface area contributed by atoms with Crippen LogP contribution in [0.1, 0.15) is 28.8 Å². The Balaban J connectivity index is 2.22. The SMILES string of the molecule is Cc1cccc2[nH]cc(C(=O)C3CC3)c12. The first-order chi connectivity index (χ1) is 7.27. The Hall–Kier alpha value is -1.57. The number of hydrogen-bond donors (Lipinski definition) is 1. The number of carbonyl (C=O) groups is 1. The molecule has 0 aliphatic heterocycles. The molecule has 2 aromatic rings. The lowest BCUT2D eigenvalue weighted by molar-refractivity contribution is 0.0969. The molecular formula is C13H13NO. The lowest BCUT2D eigenvalue weighted by Gasteiger charge is -1.99. The van der Waals surface area contributed by atoms with Gasteiger partial charge in [-0.25, -0.2) is 0 Å². The highest BCUT2D eigenvalue weighted by atomic mass is 16.1. The molecule has 1 aliphatic carbocycles. The molecule has 1 heterocycles. The fourth-order valence-electron chi connectivity index (χ4n) is 2.13. The predicted octanol–water partition coefficient (Wildman–Crippen LogP) is 3.07. The van der Waals surface area contributed by atoms with Gasteiger partial charge in [0.1, 0.15) is 0 Å². The van der Waals surface area contributed by atoms with Gasteiger partial charge in [0.25, 0.3) is 0 Å². The normalized spacial score (nSPS) is 15.8. The van der Waals surface area contributed by atoms with E-state index in [0.29, 0.717) is 11.7 Å². The van der Waals surface area contributed by atoms with Crippen molar-refractivity contribution in [2.45, 2.75) is 19.8 Å². The van der Waals surface area contributed by atoms with Crippen molar-refractivity contribution in [3.63, 3.8) is 0 Å². The zero-order valence-corrected chi connectivity index (χ0v) is 8.71. The summed E-state index contributed by atoms with van der Waals surface area (Å²) in [6.07, 6.45) is 3.99. The summed E-state index contributed by atoms with van der Waals surface area (Å²) in [6, 6.07) is 6.09. The van der Waals surface area contributed by atoms with E-state index in [1.807, 2.05) is 18.3 Å². The number of hydrogen-bond acceptors (Lipinski definition) is 1. The first-order valence-electron chi connectivity index (χ1n) is 5.38. The molecule has 0 unspecified atom stereocenters. The summed E-state index contributed by atoms with van der Waals surface area (Å²) in [6.45, 7) is 2.06. The molecule has 0 atom stereocenters. The Kier molecular flexibility index (Phi) is 1.72. The van der Waals surface area contributed by atoms with Gasteiger partial charge in [-0.3, -0.25) is 4.79 Å². The third-order valence-corrected chi connectivity index (χ3v) is 3.13. The van der Waals surface area contributed by atoms with E-state index in [2.05, 4.69) is 18.0 Å². The maximum absolute atomic E-state index is 12.0. The van der Waals surface area contributed by atoms with E-state index < -0.39 is 0 Å². The number of aromatic nitrogens is 1. The summed E-state index contributed by atoms with van der Waals surface area (Å²) in [4.78, 5) is 15.2. The Morgan fingerprint density at radius 3 is 2.93 bits per heavy atom. The number of aryl methyl sites for hydroxylation is 1. The van der Waals surface area contributed by atoms with Crippen molar-refractivity contribution in [3.05, 3.63) is 35.5 Å². The smallest absolute Gasteiger partial charge is 0.168 e. The topological polar surface area (TPSA) is 32.9 Å². The molecule has 1 fully saturated rings. The van der Waals surface area contributed by atoms with Crippen molar-refractivity contribution < 1.29 is 4.79 Å². The molecule has 0 bridgehead atoms. The van der Waals surface area contributed by atoms with E-state index in [9.17, 15) is 4.79 Å². The molecule has 1 aliphatic rings. The summed E-state index contributed by atoms with van der Waals surface area (Å²) < 4.78 is 0. The Morgan fingerprint density at radius 1 is 1.40 bits per heavy atom. The quantitative estimate of drug-likeness (QED) is 0.741. The van der Waals surface area contributed by atoms with Crippen LogP contribution in [0, 0.1) is 12.8 Å². The highest BCUT2D eigenvalue weighted by Gasteiger charge is 2.31. The molecular weight excluding hydrogens is 186 g/mol. The zero-order valence-electron chi connectivity index (χ0n) is 8.71. The molecule has 1 aromatic carbocycles. The van der Waals surface area contributed by atoms with Crippen LogP contribution in [0.5, 0.6) is 0 Å². The van der Waals surface area contributed by atoms with E-state index in [0.717, 1.165) is 29.3 Å². The predicted molar refractivity (Wildman–Crippen MR) is 60.1 cm³/mol. The molecule has 3 rings (SSSR count). The molecule has 2 nitrogen and oxygen atoms in total. The second kappa shape index (κ2) is 2.96. The lowest BCUT2D eigenvalue weighted by Crippen LogP contribution is -2.00. The highest BCUT2D eigenvalue weighted by Crippen LogP contribution is 2.35. The number of benzene rings is 1. The van der Waals surface area contributed by atoms with Crippen molar-refractivity contribution in [1.82, 2.24) is 4.98 Å². The van der Waals surface area contributed by atoms with Gasteiger partial charge < -0.3 is 4.98 Å². The van der Waals surface area contributed by atoms with Crippen LogP contribution in [0.25, 0.3) is 10.9 Å². The van der Waals surface area contributed by atoms with E-state index >= 15 is 0 Å². The summed E-state index contributed by atoms with van der Waals surface area (Å²) in [7, 11) is 0.